The Labute approximate surface area is 152 Å². The lowest BCUT2D eigenvalue weighted by molar-refractivity contribution is 0.118. The summed E-state index contributed by atoms with van der Waals surface area (Å²) in [4.78, 5) is 3.66. The fourth-order valence-corrected chi connectivity index (χ4v) is 5.59. The van der Waals surface area contributed by atoms with Crippen molar-refractivity contribution < 1.29 is 13.2 Å². The third-order valence-corrected chi connectivity index (χ3v) is 7.11. The van der Waals surface area contributed by atoms with Crippen LogP contribution < -0.4 is 0 Å². The van der Waals surface area contributed by atoms with Crippen molar-refractivity contribution in [1.29, 1.82) is 0 Å². The Morgan fingerprint density at radius 1 is 1.27 bits per heavy atom. The number of rotatable bonds is 4. The van der Waals surface area contributed by atoms with Crippen LogP contribution in [0.4, 0.5) is 0 Å². The van der Waals surface area contributed by atoms with Crippen LogP contribution in [0, 0.1) is 13.8 Å². The van der Waals surface area contributed by atoms with Gasteiger partial charge >= 0.3 is 0 Å². The number of nitrogens with zero attached hydrogens (tertiary/aromatic N) is 3. The number of H-pyrrole nitrogens is 1. The first kappa shape index (κ1) is 17.3. The average Bonchev–Trinajstić information content (AvgIpc) is 3.12. The molecular formula is C18H22N4O3S. The molecule has 0 spiro atoms. The Balaban J connectivity index is 1.72. The van der Waals surface area contributed by atoms with E-state index < -0.39 is 10.0 Å². The summed E-state index contributed by atoms with van der Waals surface area (Å²) in [6, 6.07) is 8.10. The van der Waals surface area contributed by atoms with Crippen LogP contribution in [0.2, 0.25) is 0 Å². The SMILES string of the molecule is COCn1nc(C)c(S(=O)(=O)N2CCc3c([nH]c4ccccc34)C2)c1C. The fraction of sp³-hybridized carbons (Fsp3) is 0.389. The van der Waals surface area contributed by atoms with Crippen LogP contribution in [0.25, 0.3) is 10.9 Å². The van der Waals surface area contributed by atoms with Gasteiger partial charge in [0.05, 0.1) is 17.9 Å². The molecule has 0 aliphatic carbocycles. The van der Waals surface area contributed by atoms with Gasteiger partial charge in [0.2, 0.25) is 10.0 Å². The Hall–Kier alpha value is -2.16. The smallest absolute Gasteiger partial charge is 0.247 e. The van der Waals surface area contributed by atoms with E-state index in [4.69, 9.17) is 4.74 Å². The van der Waals surface area contributed by atoms with E-state index in [1.807, 2.05) is 18.2 Å². The third kappa shape index (κ3) is 2.56. The number of fused-ring (bicyclic) bond motifs is 3. The van der Waals surface area contributed by atoms with Gasteiger partial charge in [-0.2, -0.15) is 9.40 Å². The van der Waals surface area contributed by atoms with Gasteiger partial charge in [0, 0.05) is 30.3 Å². The molecule has 7 nitrogen and oxygen atoms in total. The van der Waals surface area contributed by atoms with E-state index in [1.54, 1.807) is 29.9 Å². The molecule has 2 aromatic heterocycles. The predicted octanol–water partition coefficient (Wildman–Crippen LogP) is 2.33. The van der Waals surface area contributed by atoms with Gasteiger partial charge in [-0.15, -0.1) is 0 Å². The summed E-state index contributed by atoms with van der Waals surface area (Å²) in [5.41, 5.74) is 4.35. The topological polar surface area (TPSA) is 80.2 Å². The van der Waals surface area contributed by atoms with Gasteiger partial charge in [-0.1, -0.05) is 18.2 Å². The number of aromatic nitrogens is 3. The number of para-hydroxylation sites is 1. The second kappa shape index (κ2) is 6.22. The monoisotopic (exact) mass is 374 g/mol. The zero-order valence-electron chi connectivity index (χ0n) is 15.1. The maximum atomic E-state index is 13.3. The minimum absolute atomic E-state index is 0.231. The van der Waals surface area contributed by atoms with Crippen LogP contribution in [0.5, 0.6) is 0 Å². The van der Waals surface area contributed by atoms with E-state index >= 15 is 0 Å². The molecule has 0 fully saturated rings. The first-order valence-corrected chi connectivity index (χ1v) is 9.99. The van der Waals surface area contributed by atoms with Gasteiger partial charge in [0.1, 0.15) is 11.6 Å². The standard InChI is InChI=1S/C18H22N4O3S/c1-12-18(13(2)22(20-12)11-25-3)26(23,24)21-9-8-15-14-6-4-5-7-16(14)19-17(15)10-21/h4-7,19H,8-11H2,1-3H3. The third-order valence-electron chi connectivity index (χ3n) is 5.01. The molecular weight excluding hydrogens is 352 g/mol. The van der Waals surface area contributed by atoms with Crippen LogP contribution in [0.3, 0.4) is 0 Å². The molecule has 1 aliphatic heterocycles. The van der Waals surface area contributed by atoms with Gasteiger partial charge in [0.15, 0.2) is 0 Å². The Kier molecular flexibility index (Phi) is 4.13. The number of hydrogen-bond acceptors (Lipinski definition) is 4. The maximum absolute atomic E-state index is 13.3. The lowest BCUT2D eigenvalue weighted by atomic mass is 10.1. The highest BCUT2D eigenvalue weighted by molar-refractivity contribution is 7.89. The summed E-state index contributed by atoms with van der Waals surface area (Å²) < 4.78 is 34.8. The fourth-order valence-electron chi connectivity index (χ4n) is 3.80. The molecule has 138 valence electrons. The van der Waals surface area contributed by atoms with Gasteiger partial charge in [-0.3, -0.25) is 0 Å². The van der Waals surface area contributed by atoms with Crippen LogP contribution in [-0.2, 0) is 34.5 Å². The minimum atomic E-state index is -3.63. The maximum Gasteiger partial charge on any atom is 0.247 e. The largest absolute Gasteiger partial charge is 0.362 e. The minimum Gasteiger partial charge on any atom is -0.362 e. The Bertz CT molecular complexity index is 1080. The summed E-state index contributed by atoms with van der Waals surface area (Å²) in [6.45, 7) is 4.54. The first-order valence-electron chi connectivity index (χ1n) is 8.55. The molecule has 0 saturated heterocycles. The highest BCUT2D eigenvalue weighted by atomic mass is 32.2. The molecule has 0 unspecified atom stereocenters. The lowest BCUT2D eigenvalue weighted by Gasteiger charge is -2.26. The second-order valence-electron chi connectivity index (χ2n) is 6.63. The number of aryl methyl sites for hydroxylation is 1. The van der Waals surface area contributed by atoms with Gasteiger partial charge in [-0.25, -0.2) is 13.1 Å². The first-order chi connectivity index (χ1) is 12.4. The van der Waals surface area contributed by atoms with Crippen molar-refractivity contribution >= 4 is 20.9 Å². The molecule has 8 heteroatoms. The zero-order valence-corrected chi connectivity index (χ0v) is 15.9. The molecule has 0 amide bonds. The summed E-state index contributed by atoms with van der Waals surface area (Å²) in [7, 11) is -2.06. The molecule has 0 atom stereocenters. The molecule has 1 aliphatic rings. The zero-order chi connectivity index (χ0) is 18.5. The van der Waals surface area contributed by atoms with Crippen molar-refractivity contribution in [2.45, 2.75) is 38.4 Å². The van der Waals surface area contributed by atoms with Crippen LogP contribution in [-0.4, -0.2) is 41.1 Å². The number of methoxy groups -OCH3 is 1. The van der Waals surface area contributed by atoms with E-state index in [2.05, 4.69) is 16.1 Å². The van der Waals surface area contributed by atoms with Crippen LogP contribution >= 0.6 is 0 Å². The van der Waals surface area contributed by atoms with Crippen molar-refractivity contribution in [3.8, 4) is 0 Å². The van der Waals surface area contributed by atoms with Crippen LogP contribution in [0.1, 0.15) is 22.6 Å². The number of hydrogen-bond donors (Lipinski definition) is 1. The van der Waals surface area contributed by atoms with Gasteiger partial charge < -0.3 is 9.72 Å². The van der Waals surface area contributed by atoms with Crippen molar-refractivity contribution in [2.24, 2.45) is 0 Å². The molecule has 26 heavy (non-hydrogen) atoms. The van der Waals surface area contributed by atoms with E-state index in [9.17, 15) is 8.42 Å². The number of sulfonamides is 1. The summed E-state index contributed by atoms with van der Waals surface area (Å²) >= 11 is 0. The normalized spacial score (nSPS) is 15.5. The Morgan fingerprint density at radius 2 is 2.04 bits per heavy atom. The summed E-state index contributed by atoms with van der Waals surface area (Å²) in [5.74, 6) is 0. The van der Waals surface area contributed by atoms with Gasteiger partial charge in [-0.05, 0) is 31.9 Å². The predicted molar refractivity (Wildman–Crippen MR) is 98.3 cm³/mol. The number of nitrogens with one attached hydrogen (secondary N) is 1. The molecule has 3 heterocycles. The quantitative estimate of drug-likeness (QED) is 0.760. The number of aromatic amines is 1. The molecule has 1 N–H and O–H groups in total. The number of ether oxygens (including phenoxy) is 1. The van der Waals surface area contributed by atoms with Crippen molar-refractivity contribution in [2.75, 3.05) is 13.7 Å². The van der Waals surface area contributed by atoms with Crippen molar-refractivity contribution in [3.63, 3.8) is 0 Å². The average molecular weight is 374 g/mol. The molecule has 0 saturated carbocycles. The molecule has 0 radical (unpaired) electrons. The molecule has 1 aromatic carbocycles. The van der Waals surface area contributed by atoms with Gasteiger partial charge in [0.25, 0.3) is 0 Å². The van der Waals surface area contributed by atoms with E-state index in [0.717, 1.165) is 11.2 Å². The van der Waals surface area contributed by atoms with E-state index in [0.29, 0.717) is 30.9 Å². The summed E-state index contributed by atoms with van der Waals surface area (Å²) in [5, 5.41) is 5.50. The van der Waals surface area contributed by atoms with E-state index in [-0.39, 0.29) is 11.6 Å². The highest BCUT2D eigenvalue weighted by Crippen LogP contribution is 2.31. The molecule has 4 rings (SSSR count). The highest BCUT2D eigenvalue weighted by Gasteiger charge is 2.34. The number of benzene rings is 1. The van der Waals surface area contributed by atoms with Crippen molar-refractivity contribution in [1.82, 2.24) is 19.1 Å². The van der Waals surface area contributed by atoms with E-state index in [1.165, 1.54) is 10.9 Å². The lowest BCUT2D eigenvalue weighted by Crippen LogP contribution is -2.36. The van der Waals surface area contributed by atoms with Crippen LogP contribution in [0.15, 0.2) is 29.2 Å². The molecule has 3 aromatic rings. The van der Waals surface area contributed by atoms with Crippen molar-refractivity contribution in [3.05, 3.63) is 46.9 Å². The summed E-state index contributed by atoms with van der Waals surface area (Å²) in [6.07, 6.45) is 0.697. The second-order valence-corrected chi connectivity index (χ2v) is 8.51. The molecule has 0 bridgehead atoms. The Morgan fingerprint density at radius 3 is 2.81 bits per heavy atom.